The maximum atomic E-state index is 12.9. The first-order chi connectivity index (χ1) is 14.5. The number of methoxy groups -OCH3 is 1. The van der Waals surface area contributed by atoms with E-state index in [0.717, 1.165) is 35.5 Å². The summed E-state index contributed by atoms with van der Waals surface area (Å²) in [7, 11) is 1.64. The van der Waals surface area contributed by atoms with Gasteiger partial charge in [-0.15, -0.1) is 10.2 Å². The van der Waals surface area contributed by atoms with Crippen LogP contribution in [0.25, 0.3) is 5.95 Å². The molecule has 1 saturated carbocycles. The average Bonchev–Trinajstić information content (AvgIpc) is 3.44. The molecule has 0 atom stereocenters. The topological polar surface area (TPSA) is 104 Å². The number of nitrogens with zero attached hydrogens (tertiary/aromatic N) is 6. The quantitative estimate of drug-likeness (QED) is 0.433. The van der Waals surface area contributed by atoms with Gasteiger partial charge in [-0.05, 0) is 50.5 Å². The van der Waals surface area contributed by atoms with Gasteiger partial charge in [-0.25, -0.2) is 9.36 Å². The summed E-state index contributed by atoms with van der Waals surface area (Å²) in [4.78, 5) is 14.9. The van der Waals surface area contributed by atoms with E-state index in [-0.39, 0.29) is 11.7 Å². The van der Waals surface area contributed by atoms with Gasteiger partial charge in [-0.3, -0.25) is 4.79 Å². The molecule has 4 rings (SSSR count). The molecule has 9 nitrogen and oxygen atoms in total. The minimum Gasteiger partial charge on any atom is -0.497 e. The van der Waals surface area contributed by atoms with Crippen LogP contribution in [0, 0.1) is 13.8 Å². The van der Waals surface area contributed by atoms with E-state index in [2.05, 4.69) is 15.3 Å². The Bertz CT molecular complexity index is 1040. The summed E-state index contributed by atoms with van der Waals surface area (Å²) >= 11 is 1.29. The summed E-state index contributed by atoms with van der Waals surface area (Å²) in [5.41, 5.74) is 2.87. The van der Waals surface area contributed by atoms with Crippen molar-refractivity contribution in [2.24, 2.45) is 0 Å². The zero-order valence-electron chi connectivity index (χ0n) is 17.3. The van der Waals surface area contributed by atoms with Crippen LogP contribution in [0.5, 0.6) is 5.75 Å². The van der Waals surface area contributed by atoms with E-state index >= 15 is 0 Å². The largest absolute Gasteiger partial charge is 0.497 e. The number of aromatic nitrogens is 5. The predicted octanol–water partition coefficient (Wildman–Crippen LogP) is 2.09. The van der Waals surface area contributed by atoms with Crippen LogP contribution in [0.15, 0.2) is 35.5 Å². The van der Waals surface area contributed by atoms with Crippen LogP contribution in [0.4, 0.5) is 0 Å². The van der Waals surface area contributed by atoms with E-state index in [9.17, 15) is 4.79 Å². The van der Waals surface area contributed by atoms with Crippen LogP contribution in [0.3, 0.4) is 0 Å². The minimum absolute atomic E-state index is 0.0639. The molecule has 0 spiro atoms. The Hall–Kier alpha value is -3.01. The van der Waals surface area contributed by atoms with Gasteiger partial charge in [0.2, 0.25) is 11.1 Å². The van der Waals surface area contributed by atoms with Crippen LogP contribution in [-0.2, 0) is 11.3 Å². The molecule has 2 aromatic heterocycles. The standard InChI is InChI=1S/C20H25N7O2S/c1-13-10-14(2)27(24-13)19-22-23-20(26(19)21)30-12-18(28)25(16-6-7-16)11-15-4-8-17(29-3)9-5-15/h4-5,8-10,16H,6-7,11-12,21H2,1-3H3. The lowest BCUT2D eigenvalue weighted by atomic mass is 10.2. The lowest BCUT2D eigenvalue weighted by Crippen LogP contribution is -2.34. The molecule has 2 heterocycles. The SMILES string of the molecule is COc1ccc(CN(C(=O)CSc2nnc(-n3nc(C)cc3C)n2N)C2CC2)cc1. The number of carbonyl (C=O) groups is 1. The smallest absolute Gasteiger partial charge is 0.271 e. The number of thioether (sulfide) groups is 1. The lowest BCUT2D eigenvalue weighted by molar-refractivity contribution is -0.129. The Balaban J connectivity index is 1.42. The molecule has 1 aromatic carbocycles. The number of nitrogens with two attached hydrogens (primary N) is 1. The lowest BCUT2D eigenvalue weighted by Gasteiger charge is -2.22. The Labute approximate surface area is 179 Å². The Morgan fingerprint density at radius 2 is 2.00 bits per heavy atom. The van der Waals surface area contributed by atoms with Gasteiger partial charge in [-0.1, -0.05) is 23.9 Å². The van der Waals surface area contributed by atoms with Crippen LogP contribution >= 0.6 is 11.8 Å². The Morgan fingerprint density at radius 3 is 2.60 bits per heavy atom. The first-order valence-corrected chi connectivity index (χ1v) is 10.7. The number of benzene rings is 1. The van der Waals surface area contributed by atoms with E-state index in [0.29, 0.717) is 23.7 Å². The second-order valence-electron chi connectivity index (χ2n) is 7.38. The fraction of sp³-hybridized carbons (Fsp3) is 0.400. The highest BCUT2D eigenvalue weighted by atomic mass is 32.2. The van der Waals surface area contributed by atoms with Gasteiger partial charge in [0.25, 0.3) is 5.95 Å². The predicted molar refractivity (Wildman–Crippen MR) is 114 cm³/mol. The zero-order chi connectivity index (χ0) is 21.3. The summed E-state index contributed by atoms with van der Waals surface area (Å²) in [6, 6.07) is 10.1. The van der Waals surface area contributed by atoms with Gasteiger partial charge in [0.15, 0.2) is 0 Å². The summed E-state index contributed by atoms with van der Waals surface area (Å²) in [6.07, 6.45) is 2.09. The second-order valence-corrected chi connectivity index (χ2v) is 8.32. The summed E-state index contributed by atoms with van der Waals surface area (Å²) in [6.45, 7) is 4.42. The molecule has 1 aliphatic carbocycles. The molecule has 2 N–H and O–H groups in total. The first kappa shape index (κ1) is 20.3. The zero-order valence-corrected chi connectivity index (χ0v) is 18.1. The highest BCUT2D eigenvalue weighted by Crippen LogP contribution is 2.30. The molecule has 10 heteroatoms. The Morgan fingerprint density at radius 1 is 1.27 bits per heavy atom. The minimum atomic E-state index is 0.0639. The molecule has 1 fully saturated rings. The summed E-state index contributed by atoms with van der Waals surface area (Å²) in [5, 5.41) is 13.2. The molecule has 158 valence electrons. The van der Waals surface area contributed by atoms with E-state index in [1.807, 2.05) is 49.1 Å². The van der Waals surface area contributed by atoms with Crippen molar-refractivity contribution in [1.82, 2.24) is 29.6 Å². The van der Waals surface area contributed by atoms with Crippen molar-refractivity contribution in [3.8, 4) is 11.7 Å². The molecule has 1 amide bonds. The van der Waals surface area contributed by atoms with Crippen LogP contribution < -0.4 is 10.6 Å². The van der Waals surface area contributed by atoms with Crippen LogP contribution in [-0.4, -0.2) is 54.4 Å². The van der Waals surface area contributed by atoms with Gasteiger partial charge in [0, 0.05) is 18.3 Å². The van der Waals surface area contributed by atoms with Crippen molar-refractivity contribution < 1.29 is 9.53 Å². The third kappa shape index (κ3) is 4.28. The first-order valence-electron chi connectivity index (χ1n) is 9.75. The van der Waals surface area contributed by atoms with Crippen LogP contribution in [0.2, 0.25) is 0 Å². The normalized spacial score (nSPS) is 13.4. The number of hydrogen-bond donors (Lipinski definition) is 1. The average molecular weight is 428 g/mol. The molecular weight excluding hydrogens is 402 g/mol. The molecule has 3 aromatic rings. The van der Waals surface area contributed by atoms with Gasteiger partial charge < -0.3 is 15.5 Å². The number of rotatable bonds is 8. The van der Waals surface area contributed by atoms with Crippen molar-refractivity contribution in [3.63, 3.8) is 0 Å². The second kappa shape index (κ2) is 8.39. The molecule has 1 aliphatic rings. The van der Waals surface area contributed by atoms with Crippen molar-refractivity contribution in [2.75, 3.05) is 18.7 Å². The van der Waals surface area contributed by atoms with Gasteiger partial charge in [-0.2, -0.15) is 5.10 Å². The monoisotopic (exact) mass is 427 g/mol. The van der Waals surface area contributed by atoms with Crippen molar-refractivity contribution in [2.45, 2.75) is 44.4 Å². The van der Waals surface area contributed by atoms with Crippen LogP contribution in [0.1, 0.15) is 29.8 Å². The fourth-order valence-corrected chi connectivity index (χ4v) is 4.03. The number of aryl methyl sites for hydroxylation is 2. The van der Waals surface area contributed by atoms with Gasteiger partial charge in [0.05, 0.1) is 18.6 Å². The Kier molecular flexibility index (Phi) is 5.67. The third-order valence-electron chi connectivity index (χ3n) is 4.99. The molecule has 0 unspecified atom stereocenters. The molecule has 0 bridgehead atoms. The van der Waals surface area contributed by atoms with Gasteiger partial charge >= 0.3 is 0 Å². The molecule has 0 saturated heterocycles. The third-order valence-corrected chi connectivity index (χ3v) is 5.92. The highest BCUT2D eigenvalue weighted by molar-refractivity contribution is 7.99. The van der Waals surface area contributed by atoms with Crippen molar-refractivity contribution in [1.29, 1.82) is 0 Å². The summed E-state index contributed by atoms with van der Waals surface area (Å²) < 4.78 is 8.23. The summed E-state index contributed by atoms with van der Waals surface area (Å²) in [5.74, 6) is 7.71. The highest BCUT2D eigenvalue weighted by Gasteiger charge is 2.32. The number of nitrogen functional groups attached to an aromatic ring is 1. The van der Waals surface area contributed by atoms with Crippen molar-refractivity contribution in [3.05, 3.63) is 47.3 Å². The maximum absolute atomic E-state index is 12.9. The molecular formula is C20H25N7O2S. The molecule has 30 heavy (non-hydrogen) atoms. The van der Waals surface area contributed by atoms with E-state index in [1.165, 1.54) is 16.4 Å². The maximum Gasteiger partial charge on any atom is 0.271 e. The fourth-order valence-electron chi connectivity index (χ4n) is 3.29. The molecule has 0 aliphatic heterocycles. The van der Waals surface area contributed by atoms with Gasteiger partial charge in [0.1, 0.15) is 5.75 Å². The van der Waals surface area contributed by atoms with Crippen molar-refractivity contribution >= 4 is 17.7 Å². The number of carbonyl (C=O) groups excluding carboxylic acids is 1. The number of hydrogen-bond acceptors (Lipinski definition) is 7. The van der Waals surface area contributed by atoms with E-state index in [1.54, 1.807) is 11.8 Å². The van der Waals surface area contributed by atoms with E-state index < -0.39 is 0 Å². The number of ether oxygens (including phenoxy) is 1. The molecule has 0 radical (unpaired) electrons. The van der Waals surface area contributed by atoms with E-state index in [4.69, 9.17) is 10.6 Å². The number of amides is 1.